The van der Waals surface area contributed by atoms with Gasteiger partial charge in [0.25, 0.3) is 0 Å². The van der Waals surface area contributed by atoms with Gasteiger partial charge in [0, 0.05) is 22.2 Å². The number of methoxy groups -OCH3 is 2. The van der Waals surface area contributed by atoms with Crippen LogP contribution in [0.15, 0.2) is 18.2 Å². The molecule has 0 fully saturated rings. The first-order valence-corrected chi connectivity index (χ1v) is 5.16. The van der Waals surface area contributed by atoms with E-state index in [0.29, 0.717) is 0 Å². The maximum absolute atomic E-state index is 5.35. The number of rotatable bonds is 2. The van der Waals surface area contributed by atoms with Crippen molar-refractivity contribution >= 4 is 10.8 Å². The lowest BCUT2D eigenvalue weighted by atomic mass is 10.1. The summed E-state index contributed by atoms with van der Waals surface area (Å²) in [6, 6.07) is 5.84. The molecule has 84 valence electrons. The minimum atomic E-state index is 0.834. The molecular weight excluding hydrogens is 202 g/mol. The lowest BCUT2D eigenvalue weighted by Crippen LogP contribution is -1.94. The Morgan fingerprint density at radius 1 is 1.00 bits per heavy atom. The Morgan fingerprint density at radius 2 is 1.62 bits per heavy atom. The molecule has 0 spiro atoms. The van der Waals surface area contributed by atoms with E-state index >= 15 is 0 Å². The van der Waals surface area contributed by atoms with E-state index < -0.39 is 0 Å². The molecule has 0 aliphatic rings. The fourth-order valence-electron chi connectivity index (χ4n) is 2.01. The van der Waals surface area contributed by atoms with Crippen molar-refractivity contribution in [2.45, 2.75) is 13.8 Å². The largest absolute Gasteiger partial charge is 0.496 e. The number of fused-ring (bicyclic) bond motifs is 1. The summed E-state index contributed by atoms with van der Waals surface area (Å²) in [6.45, 7) is 3.96. The average Bonchev–Trinajstić information content (AvgIpc) is 2.27. The Labute approximate surface area is 95.0 Å². The van der Waals surface area contributed by atoms with Crippen LogP contribution < -0.4 is 9.47 Å². The fraction of sp³-hybridized carbons (Fsp3) is 0.308. The number of benzene rings is 1. The van der Waals surface area contributed by atoms with Crippen molar-refractivity contribution in [3.05, 3.63) is 29.6 Å². The van der Waals surface area contributed by atoms with Crippen LogP contribution in [-0.2, 0) is 0 Å². The monoisotopic (exact) mass is 217 g/mol. The van der Waals surface area contributed by atoms with Gasteiger partial charge in [0.1, 0.15) is 11.5 Å². The van der Waals surface area contributed by atoms with Crippen LogP contribution in [0.1, 0.15) is 11.4 Å². The molecule has 1 aromatic carbocycles. The van der Waals surface area contributed by atoms with Gasteiger partial charge in [-0.05, 0) is 32.0 Å². The fourth-order valence-corrected chi connectivity index (χ4v) is 2.01. The molecule has 1 aromatic heterocycles. The van der Waals surface area contributed by atoms with Crippen LogP contribution in [0.2, 0.25) is 0 Å². The molecule has 0 amide bonds. The Bertz CT molecular complexity index is 535. The molecule has 0 saturated heterocycles. The summed E-state index contributed by atoms with van der Waals surface area (Å²) in [7, 11) is 3.34. The highest BCUT2D eigenvalue weighted by Crippen LogP contribution is 2.34. The molecule has 3 heteroatoms. The van der Waals surface area contributed by atoms with Crippen molar-refractivity contribution in [1.82, 2.24) is 4.98 Å². The van der Waals surface area contributed by atoms with Gasteiger partial charge in [0.2, 0.25) is 0 Å². The zero-order valence-corrected chi connectivity index (χ0v) is 10.00. The second-order valence-corrected chi connectivity index (χ2v) is 3.74. The third-order valence-electron chi connectivity index (χ3n) is 2.67. The molecule has 0 aliphatic heterocycles. The van der Waals surface area contributed by atoms with Crippen molar-refractivity contribution in [2.75, 3.05) is 14.2 Å². The van der Waals surface area contributed by atoms with Gasteiger partial charge in [-0.25, -0.2) is 0 Å². The van der Waals surface area contributed by atoms with E-state index in [0.717, 1.165) is 33.7 Å². The van der Waals surface area contributed by atoms with E-state index in [9.17, 15) is 0 Å². The highest BCUT2D eigenvalue weighted by atomic mass is 16.5. The van der Waals surface area contributed by atoms with Crippen LogP contribution in [0.5, 0.6) is 11.5 Å². The van der Waals surface area contributed by atoms with Gasteiger partial charge in [-0.15, -0.1) is 0 Å². The molecule has 0 saturated carbocycles. The van der Waals surface area contributed by atoms with Crippen molar-refractivity contribution in [2.24, 2.45) is 0 Å². The van der Waals surface area contributed by atoms with Crippen molar-refractivity contribution < 1.29 is 9.47 Å². The van der Waals surface area contributed by atoms with Gasteiger partial charge in [0.15, 0.2) is 0 Å². The second-order valence-electron chi connectivity index (χ2n) is 3.74. The SMILES string of the molecule is COc1ccc(OC)c2c(C)nc(C)cc12. The number of ether oxygens (including phenoxy) is 2. The number of aryl methyl sites for hydroxylation is 2. The lowest BCUT2D eigenvalue weighted by molar-refractivity contribution is 0.410. The van der Waals surface area contributed by atoms with Crippen molar-refractivity contribution in [1.29, 1.82) is 0 Å². The first-order chi connectivity index (χ1) is 7.67. The summed E-state index contributed by atoms with van der Waals surface area (Å²) in [5, 5.41) is 2.07. The summed E-state index contributed by atoms with van der Waals surface area (Å²) >= 11 is 0. The quantitative estimate of drug-likeness (QED) is 0.775. The number of aromatic nitrogens is 1. The molecule has 0 bridgehead atoms. The van der Waals surface area contributed by atoms with Crippen LogP contribution >= 0.6 is 0 Å². The summed E-state index contributed by atoms with van der Waals surface area (Å²) in [6.07, 6.45) is 0. The molecule has 1 heterocycles. The standard InChI is InChI=1S/C13H15NO2/c1-8-7-10-11(15-3)5-6-12(16-4)13(10)9(2)14-8/h5-7H,1-4H3. The number of pyridine rings is 1. The minimum absolute atomic E-state index is 0.834. The summed E-state index contributed by atoms with van der Waals surface area (Å²) in [4.78, 5) is 4.45. The topological polar surface area (TPSA) is 31.4 Å². The summed E-state index contributed by atoms with van der Waals surface area (Å²) in [5.74, 6) is 1.69. The summed E-state index contributed by atoms with van der Waals surface area (Å²) < 4.78 is 10.7. The maximum atomic E-state index is 5.35. The van der Waals surface area contributed by atoms with Crippen molar-refractivity contribution in [3.8, 4) is 11.5 Å². The zero-order chi connectivity index (χ0) is 11.7. The molecule has 0 N–H and O–H groups in total. The van der Waals surface area contributed by atoms with E-state index in [1.807, 2.05) is 32.0 Å². The Morgan fingerprint density at radius 3 is 2.25 bits per heavy atom. The second kappa shape index (κ2) is 4.00. The highest BCUT2D eigenvalue weighted by molar-refractivity contribution is 5.95. The number of hydrogen-bond donors (Lipinski definition) is 0. The molecule has 2 rings (SSSR count). The van der Waals surface area contributed by atoms with Crippen molar-refractivity contribution in [3.63, 3.8) is 0 Å². The molecule has 0 unspecified atom stereocenters. The van der Waals surface area contributed by atoms with Gasteiger partial charge in [-0.2, -0.15) is 0 Å². The Balaban J connectivity index is 2.90. The maximum Gasteiger partial charge on any atom is 0.128 e. The molecule has 0 radical (unpaired) electrons. The van der Waals surface area contributed by atoms with E-state index in [-0.39, 0.29) is 0 Å². The molecule has 0 atom stereocenters. The highest BCUT2D eigenvalue weighted by Gasteiger charge is 2.10. The summed E-state index contributed by atoms with van der Waals surface area (Å²) in [5.41, 5.74) is 1.95. The number of hydrogen-bond acceptors (Lipinski definition) is 3. The minimum Gasteiger partial charge on any atom is -0.496 e. The number of nitrogens with zero attached hydrogens (tertiary/aromatic N) is 1. The van der Waals surface area contributed by atoms with Gasteiger partial charge in [-0.1, -0.05) is 0 Å². The van der Waals surface area contributed by atoms with E-state index in [1.165, 1.54) is 0 Å². The van der Waals surface area contributed by atoms with Crippen LogP contribution in [0, 0.1) is 13.8 Å². The molecule has 2 aromatic rings. The molecular formula is C13H15NO2. The van der Waals surface area contributed by atoms with E-state index in [4.69, 9.17) is 9.47 Å². The van der Waals surface area contributed by atoms with Gasteiger partial charge in [0.05, 0.1) is 14.2 Å². The third-order valence-corrected chi connectivity index (χ3v) is 2.67. The zero-order valence-electron chi connectivity index (χ0n) is 10.00. The van der Waals surface area contributed by atoms with Crippen LogP contribution in [0.25, 0.3) is 10.8 Å². The van der Waals surface area contributed by atoms with Gasteiger partial charge in [-0.3, -0.25) is 4.98 Å². The lowest BCUT2D eigenvalue weighted by Gasteiger charge is -2.12. The normalized spacial score (nSPS) is 10.5. The first-order valence-electron chi connectivity index (χ1n) is 5.16. The predicted molar refractivity (Wildman–Crippen MR) is 64.3 cm³/mol. The smallest absolute Gasteiger partial charge is 0.128 e. The average molecular weight is 217 g/mol. The molecule has 3 nitrogen and oxygen atoms in total. The third kappa shape index (κ3) is 1.58. The van der Waals surface area contributed by atoms with Gasteiger partial charge < -0.3 is 9.47 Å². The molecule has 16 heavy (non-hydrogen) atoms. The first kappa shape index (κ1) is 10.7. The van der Waals surface area contributed by atoms with Crippen LogP contribution in [0.3, 0.4) is 0 Å². The van der Waals surface area contributed by atoms with Crippen LogP contribution in [0.4, 0.5) is 0 Å². The molecule has 0 aliphatic carbocycles. The Hall–Kier alpha value is -1.77. The predicted octanol–water partition coefficient (Wildman–Crippen LogP) is 2.87. The van der Waals surface area contributed by atoms with Crippen LogP contribution in [-0.4, -0.2) is 19.2 Å². The van der Waals surface area contributed by atoms with E-state index in [2.05, 4.69) is 4.98 Å². The van der Waals surface area contributed by atoms with E-state index in [1.54, 1.807) is 14.2 Å². The Kier molecular flexibility index (Phi) is 2.69. The van der Waals surface area contributed by atoms with Gasteiger partial charge >= 0.3 is 0 Å².